The zero-order valence-electron chi connectivity index (χ0n) is 19.1. The number of nitrogens with zero attached hydrogens (tertiary/aromatic N) is 4. The van der Waals surface area contributed by atoms with Crippen molar-refractivity contribution in [2.45, 2.75) is 33.9 Å². The molecular weight excluding hydrogens is 475 g/mol. The zero-order valence-corrected chi connectivity index (χ0v) is 19.9. The Balaban J connectivity index is 1.92. The van der Waals surface area contributed by atoms with Gasteiger partial charge in [0.1, 0.15) is 5.75 Å². The topological polar surface area (TPSA) is 118 Å². The Morgan fingerprint density at radius 3 is 2.43 bits per heavy atom. The van der Waals surface area contributed by atoms with Gasteiger partial charge in [-0.05, 0) is 42.8 Å². The number of hydrogen-bond donors (Lipinski definition) is 0. The van der Waals surface area contributed by atoms with Gasteiger partial charge < -0.3 is 9.47 Å². The highest BCUT2D eigenvalue weighted by atomic mass is 35.5. The third-order valence-corrected chi connectivity index (χ3v) is 5.19. The van der Waals surface area contributed by atoms with Gasteiger partial charge in [-0.1, -0.05) is 31.5 Å². The zero-order chi connectivity index (χ0) is 25.7. The van der Waals surface area contributed by atoms with E-state index in [2.05, 4.69) is 5.10 Å². The highest BCUT2D eigenvalue weighted by Crippen LogP contribution is 2.35. The normalized spacial score (nSPS) is 10.5. The minimum atomic E-state index is -0.762. The van der Waals surface area contributed by atoms with E-state index in [9.17, 15) is 9.59 Å². The maximum absolute atomic E-state index is 15.4. The number of hydrogen-bond acceptors (Lipinski definition) is 7. The van der Waals surface area contributed by atoms with Crippen LogP contribution in [0.25, 0.3) is 0 Å². The molecule has 0 unspecified atom stereocenters. The standard InChI is InChI=1S/C25H20ClFN4O4/c1-14(2)25(33)34-13-31-24(32)15(3)6-19(30-31)10-18-4-5-21(26)23(22(18)27)35-20-8-16(11-28)7-17(9-20)12-29/h4-9,14H,10,13H2,1-3H3. The molecule has 8 nitrogen and oxygen atoms in total. The number of aryl methyl sites for hydroxylation is 1. The van der Waals surface area contributed by atoms with Gasteiger partial charge in [-0.15, -0.1) is 0 Å². The fraction of sp³-hybridized carbons (Fsp3) is 0.240. The number of ether oxygens (including phenoxy) is 2. The Kier molecular flexibility index (Phi) is 7.85. The molecule has 0 aliphatic rings. The molecule has 0 spiro atoms. The van der Waals surface area contributed by atoms with Gasteiger partial charge in [0.15, 0.2) is 18.3 Å². The van der Waals surface area contributed by atoms with Crippen LogP contribution < -0.4 is 10.3 Å². The van der Waals surface area contributed by atoms with Crippen LogP contribution in [-0.4, -0.2) is 15.7 Å². The van der Waals surface area contributed by atoms with Gasteiger partial charge in [-0.2, -0.15) is 20.3 Å². The van der Waals surface area contributed by atoms with Crippen LogP contribution in [0.2, 0.25) is 5.02 Å². The Labute approximate surface area is 205 Å². The number of benzene rings is 2. The van der Waals surface area contributed by atoms with Crippen LogP contribution in [0.4, 0.5) is 4.39 Å². The monoisotopic (exact) mass is 494 g/mol. The third kappa shape index (κ3) is 6.03. The van der Waals surface area contributed by atoms with Crippen LogP contribution in [-0.2, 0) is 22.7 Å². The average molecular weight is 495 g/mol. The summed E-state index contributed by atoms with van der Waals surface area (Å²) in [5.41, 5.74) is 0.791. The molecule has 0 saturated heterocycles. The third-order valence-electron chi connectivity index (χ3n) is 4.89. The molecule has 0 saturated carbocycles. The van der Waals surface area contributed by atoms with Gasteiger partial charge in [-0.25, -0.2) is 4.39 Å². The molecule has 0 aliphatic carbocycles. The van der Waals surface area contributed by atoms with Crippen molar-refractivity contribution in [1.29, 1.82) is 10.5 Å². The van der Waals surface area contributed by atoms with E-state index in [4.69, 9.17) is 31.6 Å². The number of aromatic nitrogens is 2. The summed E-state index contributed by atoms with van der Waals surface area (Å²) >= 11 is 6.16. The largest absolute Gasteiger partial charge is 0.453 e. The fourth-order valence-electron chi connectivity index (χ4n) is 3.11. The minimum absolute atomic E-state index is 0.0122. The Morgan fingerprint density at radius 2 is 1.83 bits per heavy atom. The number of carbonyl (C=O) groups is 1. The van der Waals surface area contributed by atoms with Gasteiger partial charge in [0, 0.05) is 12.0 Å². The van der Waals surface area contributed by atoms with Crippen molar-refractivity contribution in [3.8, 4) is 23.6 Å². The van der Waals surface area contributed by atoms with Crippen molar-refractivity contribution >= 4 is 17.6 Å². The average Bonchev–Trinajstić information content (AvgIpc) is 2.84. The second-order valence-corrected chi connectivity index (χ2v) is 8.38. The molecule has 0 radical (unpaired) electrons. The smallest absolute Gasteiger partial charge is 0.310 e. The van der Waals surface area contributed by atoms with Crippen LogP contribution >= 0.6 is 11.6 Å². The molecule has 0 amide bonds. The molecule has 0 fully saturated rings. The van der Waals surface area contributed by atoms with E-state index in [0.717, 1.165) is 4.68 Å². The van der Waals surface area contributed by atoms with Crippen molar-refractivity contribution in [3.05, 3.63) is 85.5 Å². The van der Waals surface area contributed by atoms with E-state index in [1.165, 1.54) is 36.4 Å². The lowest BCUT2D eigenvalue weighted by atomic mass is 10.1. The number of esters is 1. The van der Waals surface area contributed by atoms with Gasteiger partial charge in [-0.3, -0.25) is 9.59 Å². The maximum atomic E-state index is 15.4. The molecule has 0 atom stereocenters. The van der Waals surface area contributed by atoms with Crippen molar-refractivity contribution in [3.63, 3.8) is 0 Å². The number of carbonyl (C=O) groups excluding carboxylic acids is 1. The Morgan fingerprint density at radius 1 is 1.17 bits per heavy atom. The Hall–Kier alpha value is -4.21. The first-order valence-corrected chi connectivity index (χ1v) is 10.8. The van der Waals surface area contributed by atoms with Gasteiger partial charge >= 0.3 is 5.97 Å². The second kappa shape index (κ2) is 10.8. The highest BCUT2D eigenvalue weighted by Gasteiger charge is 2.18. The highest BCUT2D eigenvalue weighted by molar-refractivity contribution is 6.32. The molecule has 35 heavy (non-hydrogen) atoms. The summed E-state index contributed by atoms with van der Waals surface area (Å²) in [6.45, 7) is 4.55. The molecule has 0 aliphatic heterocycles. The first kappa shape index (κ1) is 25.4. The van der Waals surface area contributed by atoms with E-state index in [0.29, 0.717) is 11.3 Å². The number of halogens is 2. The van der Waals surface area contributed by atoms with Crippen molar-refractivity contribution in [1.82, 2.24) is 9.78 Å². The Bertz CT molecular complexity index is 1400. The van der Waals surface area contributed by atoms with Gasteiger partial charge in [0.05, 0.1) is 39.9 Å². The van der Waals surface area contributed by atoms with E-state index in [1.54, 1.807) is 20.8 Å². The first-order valence-electron chi connectivity index (χ1n) is 10.5. The first-order chi connectivity index (χ1) is 16.6. The molecule has 1 aromatic heterocycles. The molecule has 0 bridgehead atoms. The summed E-state index contributed by atoms with van der Waals surface area (Å²) in [5.74, 6) is -1.81. The van der Waals surface area contributed by atoms with E-state index >= 15 is 4.39 Å². The summed E-state index contributed by atoms with van der Waals surface area (Å²) < 4.78 is 27.1. The minimum Gasteiger partial charge on any atom is -0.453 e. The predicted octanol–water partition coefficient (Wildman–Crippen LogP) is 4.63. The molecule has 2 aromatic carbocycles. The molecule has 178 valence electrons. The van der Waals surface area contributed by atoms with Crippen molar-refractivity contribution in [2.75, 3.05) is 0 Å². The SMILES string of the molecule is Cc1cc(Cc2ccc(Cl)c(Oc3cc(C#N)cc(C#N)c3)c2F)nn(COC(=O)C(C)C)c1=O. The lowest BCUT2D eigenvalue weighted by Gasteiger charge is -2.14. The van der Waals surface area contributed by atoms with Crippen LogP contribution in [0, 0.1) is 41.3 Å². The lowest BCUT2D eigenvalue weighted by molar-refractivity contribution is -0.151. The fourth-order valence-corrected chi connectivity index (χ4v) is 3.30. The maximum Gasteiger partial charge on any atom is 0.310 e. The van der Waals surface area contributed by atoms with Crippen LogP contribution in [0.3, 0.4) is 0 Å². The van der Waals surface area contributed by atoms with E-state index in [1.807, 2.05) is 12.1 Å². The van der Waals surface area contributed by atoms with Crippen LogP contribution in [0.5, 0.6) is 11.5 Å². The van der Waals surface area contributed by atoms with Gasteiger partial charge in [0.2, 0.25) is 0 Å². The number of nitriles is 2. The molecule has 1 heterocycles. The lowest BCUT2D eigenvalue weighted by Crippen LogP contribution is -2.29. The van der Waals surface area contributed by atoms with Crippen LogP contribution in [0.15, 0.2) is 41.2 Å². The molecule has 10 heteroatoms. The predicted molar refractivity (Wildman–Crippen MR) is 124 cm³/mol. The molecule has 3 rings (SSSR count). The molecule has 3 aromatic rings. The molecule has 0 N–H and O–H groups in total. The van der Waals surface area contributed by atoms with Crippen LogP contribution in [0.1, 0.15) is 41.8 Å². The summed E-state index contributed by atoms with van der Waals surface area (Å²) in [6, 6.07) is 12.4. The second-order valence-electron chi connectivity index (χ2n) is 7.97. The summed E-state index contributed by atoms with van der Waals surface area (Å²) in [4.78, 5) is 24.1. The summed E-state index contributed by atoms with van der Waals surface area (Å²) in [5, 5.41) is 22.5. The molecular formula is C25H20ClFN4O4. The summed E-state index contributed by atoms with van der Waals surface area (Å²) in [7, 11) is 0. The van der Waals surface area contributed by atoms with E-state index < -0.39 is 17.3 Å². The summed E-state index contributed by atoms with van der Waals surface area (Å²) in [6.07, 6.45) is -0.0136. The number of rotatable bonds is 7. The quantitative estimate of drug-likeness (QED) is 0.439. The van der Waals surface area contributed by atoms with E-state index in [-0.39, 0.29) is 52.3 Å². The van der Waals surface area contributed by atoms with Crippen molar-refractivity contribution in [2.24, 2.45) is 5.92 Å². The van der Waals surface area contributed by atoms with Crippen molar-refractivity contribution < 1.29 is 18.7 Å². The van der Waals surface area contributed by atoms with Gasteiger partial charge in [0.25, 0.3) is 5.56 Å².